The molecule has 1 aromatic carbocycles. The van der Waals surface area contributed by atoms with E-state index in [0.29, 0.717) is 0 Å². The first-order valence-corrected chi connectivity index (χ1v) is 9.43. The minimum Gasteiger partial charge on any atom is -0.289 e. The third kappa shape index (κ3) is 6.48. The Morgan fingerprint density at radius 2 is 1.85 bits per heavy atom. The van der Waals surface area contributed by atoms with Crippen molar-refractivity contribution in [3.8, 4) is 0 Å². The number of carbonyl (C=O) groups is 1. The molecule has 0 aliphatic heterocycles. The van der Waals surface area contributed by atoms with E-state index in [4.69, 9.17) is 0 Å². The summed E-state index contributed by atoms with van der Waals surface area (Å²) in [6.07, 6.45) is 21.1. The second-order valence-corrected chi connectivity index (χ2v) is 7.36. The largest absolute Gasteiger partial charge is 0.289 e. The quantitative estimate of drug-likeness (QED) is 0.281. The van der Waals surface area contributed by atoms with Crippen LogP contribution in [0, 0.1) is 5.41 Å². The van der Waals surface area contributed by atoms with E-state index in [2.05, 4.69) is 63.3 Å². The maximum Gasteiger partial charge on any atom is 0.185 e. The molecule has 1 atom stereocenters. The van der Waals surface area contributed by atoms with Gasteiger partial charge in [0.1, 0.15) is 0 Å². The summed E-state index contributed by atoms with van der Waals surface area (Å²) in [5.41, 5.74) is 3.42. The van der Waals surface area contributed by atoms with Crippen LogP contribution < -0.4 is 0 Å². The van der Waals surface area contributed by atoms with Crippen molar-refractivity contribution >= 4 is 5.78 Å². The molecule has 1 aliphatic rings. The average molecular weight is 347 g/mol. The van der Waals surface area contributed by atoms with Gasteiger partial charge in [0.25, 0.3) is 0 Å². The van der Waals surface area contributed by atoms with E-state index in [-0.39, 0.29) is 11.2 Å². The van der Waals surface area contributed by atoms with Crippen molar-refractivity contribution < 1.29 is 4.79 Å². The van der Waals surface area contributed by atoms with Crippen molar-refractivity contribution in [2.45, 2.75) is 46.5 Å². The van der Waals surface area contributed by atoms with Gasteiger partial charge in [0.15, 0.2) is 5.78 Å². The van der Waals surface area contributed by atoms with Gasteiger partial charge in [-0.1, -0.05) is 84.0 Å². The third-order valence-corrected chi connectivity index (χ3v) is 4.72. The molecule has 0 radical (unpaired) electrons. The maximum absolute atomic E-state index is 12.4. The number of rotatable bonds is 8. The highest BCUT2D eigenvalue weighted by atomic mass is 16.1. The van der Waals surface area contributed by atoms with E-state index in [0.717, 1.165) is 31.2 Å². The number of hydrogen-bond donors (Lipinski definition) is 0. The molecular formula is C25H30O. The van der Waals surface area contributed by atoms with Crippen LogP contribution in [0.2, 0.25) is 0 Å². The van der Waals surface area contributed by atoms with Gasteiger partial charge in [-0.3, -0.25) is 4.79 Å². The van der Waals surface area contributed by atoms with Crippen LogP contribution in [-0.2, 0) is 0 Å². The van der Waals surface area contributed by atoms with Crippen LogP contribution in [0.25, 0.3) is 0 Å². The molecule has 0 saturated carbocycles. The van der Waals surface area contributed by atoms with Crippen LogP contribution in [-0.4, -0.2) is 5.78 Å². The predicted octanol–water partition coefficient (Wildman–Crippen LogP) is 7.01. The Morgan fingerprint density at radius 3 is 2.50 bits per heavy atom. The van der Waals surface area contributed by atoms with Crippen molar-refractivity contribution in [3.05, 3.63) is 95.6 Å². The Labute approximate surface area is 158 Å². The highest BCUT2D eigenvalue weighted by Crippen LogP contribution is 2.35. The summed E-state index contributed by atoms with van der Waals surface area (Å²) >= 11 is 0. The fourth-order valence-electron chi connectivity index (χ4n) is 3.02. The van der Waals surface area contributed by atoms with Gasteiger partial charge in [-0.05, 0) is 52.5 Å². The number of benzene rings is 1. The van der Waals surface area contributed by atoms with Gasteiger partial charge in [-0.15, -0.1) is 0 Å². The maximum atomic E-state index is 12.4. The molecule has 0 spiro atoms. The van der Waals surface area contributed by atoms with Gasteiger partial charge in [-0.2, -0.15) is 0 Å². The van der Waals surface area contributed by atoms with Crippen LogP contribution in [0.1, 0.15) is 56.8 Å². The van der Waals surface area contributed by atoms with Crippen molar-refractivity contribution in [3.63, 3.8) is 0 Å². The topological polar surface area (TPSA) is 17.1 Å². The second-order valence-electron chi connectivity index (χ2n) is 7.36. The fraction of sp³-hybridized carbons (Fsp3) is 0.320. The van der Waals surface area contributed by atoms with Gasteiger partial charge in [0.2, 0.25) is 0 Å². The van der Waals surface area contributed by atoms with Crippen molar-refractivity contribution in [2.24, 2.45) is 5.41 Å². The zero-order valence-electron chi connectivity index (χ0n) is 16.2. The zero-order chi connectivity index (χ0) is 18.8. The summed E-state index contributed by atoms with van der Waals surface area (Å²) in [7, 11) is 0. The van der Waals surface area contributed by atoms with Gasteiger partial charge >= 0.3 is 0 Å². The molecule has 1 aliphatic carbocycles. The lowest BCUT2D eigenvalue weighted by Crippen LogP contribution is -2.15. The number of ketones is 1. The molecule has 0 amide bonds. The second kappa shape index (κ2) is 9.91. The Bertz CT molecular complexity index is 740. The number of hydrogen-bond acceptors (Lipinski definition) is 1. The summed E-state index contributed by atoms with van der Waals surface area (Å²) in [5.74, 6) is 0.0668. The SMILES string of the molecule is CC(C)=CCC/C(C)=C/CC1(C=CC(=O)c2ccccc2)C=CC=CC1. The first kappa shape index (κ1) is 19.9. The molecule has 1 heteroatoms. The first-order chi connectivity index (χ1) is 12.5. The molecule has 0 N–H and O–H groups in total. The summed E-state index contributed by atoms with van der Waals surface area (Å²) in [6, 6.07) is 9.46. The average Bonchev–Trinajstić information content (AvgIpc) is 2.66. The Kier molecular flexibility index (Phi) is 7.59. The molecule has 1 nitrogen and oxygen atoms in total. The standard InChI is InChI=1S/C25H30O/c1-21(2)11-10-12-22(3)15-19-25(17-8-5-9-18-25)20-16-24(26)23-13-6-4-7-14-23/h4-9,11,13-17,20H,10,12,18-19H2,1-3H3/b20-16?,22-15+. The minimum absolute atomic E-state index is 0.0668. The fourth-order valence-corrected chi connectivity index (χ4v) is 3.02. The normalized spacial score (nSPS) is 19.7. The van der Waals surface area contributed by atoms with Crippen molar-refractivity contribution in [1.29, 1.82) is 0 Å². The number of carbonyl (C=O) groups excluding carboxylic acids is 1. The van der Waals surface area contributed by atoms with Crippen LogP contribution in [0.4, 0.5) is 0 Å². The molecular weight excluding hydrogens is 316 g/mol. The van der Waals surface area contributed by atoms with Crippen molar-refractivity contribution in [1.82, 2.24) is 0 Å². The van der Waals surface area contributed by atoms with E-state index in [1.165, 1.54) is 11.1 Å². The Hall–Kier alpha value is -2.41. The zero-order valence-corrected chi connectivity index (χ0v) is 16.2. The first-order valence-electron chi connectivity index (χ1n) is 9.43. The summed E-state index contributed by atoms with van der Waals surface area (Å²) in [5, 5.41) is 0. The van der Waals surface area contributed by atoms with Gasteiger partial charge in [0, 0.05) is 11.0 Å². The summed E-state index contributed by atoms with van der Waals surface area (Å²) in [4.78, 5) is 12.4. The van der Waals surface area contributed by atoms with E-state index in [1.807, 2.05) is 30.3 Å². The van der Waals surface area contributed by atoms with Gasteiger partial charge in [0.05, 0.1) is 0 Å². The lowest BCUT2D eigenvalue weighted by Gasteiger charge is -2.27. The highest BCUT2D eigenvalue weighted by molar-refractivity contribution is 6.04. The molecule has 0 saturated heterocycles. The molecule has 26 heavy (non-hydrogen) atoms. The lowest BCUT2D eigenvalue weighted by molar-refractivity contribution is 0.104. The van der Waals surface area contributed by atoms with E-state index < -0.39 is 0 Å². The lowest BCUT2D eigenvalue weighted by atomic mass is 9.77. The van der Waals surface area contributed by atoms with Crippen LogP contribution >= 0.6 is 0 Å². The van der Waals surface area contributed by atoms with E-state index in [9.17, 15) is 4.79 Å². The number of allylic oxidation sites excluding steroid dienone is 10. The summed E-state index contributed by atoms with van der Waals surface area (Å²) < 4.78 is 0. The van der Waals surface area contributed by atoms with Crippen LogP contribution in [0.3, 0.4) is 0 Å². The molecule has 0 aromatic heterocycles. The van der Waals surface area contributed by atoms with Gasteiger partial charge < -0.3 is 0 Å². The third-order valence-electron chi connectivity index (χ3n) is 4.72. The Balaban J connectivity index is 2.07. The van der Waals surface area contributed by atoms with E-state index >= 15 is 0 Å². The van der Waals surface area contributed by atoms with Crippen LogP contribution in [0.15, 0.2) is 90.1 Å². The molecule has 0 bridgehead atoms. The molecule has 1 unspecified atom stereocenters. The molecule has 1 aromatic rings. The highest BCUT2D eigenvalue weighted by Gasteiger charge is 2.23. The summed E-state index contributed by atoms with van der Waals surface area (Å²) in [6.45, 7) is 6.48. The van der Waals surface area contributed by atoms with E-state index in [1.54, 1.807) is 6.08 Å². The monoisotopic (exact) mass is 346 g/mol. The minimum atomic E-state index is -0.100. The Morgan fingerprint density at radius 1 is 1.08 bits per heavy atom. The molecule has 0 fully saturated rings. The molecule has 2 rings (SSSR count). The van der Waals surface area contributed by atoms with Crippen molar-refractivity contribution in [2.75, 3.05) is 0 Å². The molecule has 0 heterocycles. The molecule has 136 valence electrons. The smallest absolute Gasteiger partial charge is 0.185 e. The predicted molar refractivity (Wildman–Crippen MR) is 112 cm³/mol. The van der Waals surface area contributed by atoms with Crippen LogP contribution in [0.5, 0.6) is 0 Å². The van der Waals surface area contributed by atoms with Gasteiger partial charge in [-0.25, -0.2) is 0 Å².